The van der Waals surface area contributed by atoms with Gasteiger partial charge in [0.05, 0.1) is 5.56 Å². The van der Waals surface area contributed by atoms with Crippen molar-refractivity contribution in [2.45, 2.75) is 13.0 Å². The molecule has 0 saturated heterocycles. The molecule has 3 aromatic carbocycles. The van der Waals surface area contributed by atoms with E-state index in [1.807, 2.05) is 0 Å². The Balaban J connectivity index is 1.60. The van der Waals surface area contributed by atoms with E-state index in [-0.39, 0.29) is 31.0 Å². The molecule has 0 aromatic heterocycles. The van der Waals surface area contributed by atoms with Gasteiger partial charge in [0, 0.05) is 18.7 Å². The zero-order chi connectivity index (χ0) is 24.5. The van der Waals surface area contributed by atoms with Gasteiger partial charge >= 0.3 is 5.97 Å². The average molecular weight is 468 g/mol. The number of anilines is 1. The molecule has 176 valence electrons. The minimum atomic E-state index is -0.755. The number of benzene rings is 3. The Labute approximate surface area is 194 Å². The van der Waals surface area contributed by atoms with E-state index >= 15 is 0 Å². The van der Waals surface area contributed by atoms with Crippen LogP contribution in [-0.4, -0.2) is 30.9 Å². The van der Waals surface area contributed by atoms with Gasteiger partial charge in [-0.25, -0.2) is 13.6 Å². The second kappa shape index (κ2) is 11.6. The molecule has 0 fully saturated rings. The molecule has 2 N–H and O–H groups in total. The van der Waals surface area contributed by atoms with E-state index in [4.69, 9.17) is 15.2 Å². The van der Waals surface area contributed by atoms with Gasteiger partial charge in [-0.05, 0) is 60.2 Å². The SMILES string of the molecule is NC(=O)CCN(C(=O)COC(=O)c1cccc(OCc2ccc(F)cc2)c1)c1ccc(F)cc1. The van der Waals surface area contributed by atoms with Crippen molar-refractivity contribution >= 4 is 23.5 Å². The quantitative estimate of drug-likeness (QED) is 0.459. The fourth-order valence-electron chi connectivity index (χ4n) is 2.99. The maximum absolute atomic E-state index is 13.2. The van der Waals surface area contributed by atoms with Crippen LogP contribution in [0.2, 0.25) is 0 Å². The van der Waals surface area contributed by atoms with Crippen molar-refractivity contribution in [3.63, 3.8) is 0 Å². The molecule has 0 aliphatic heterocycles. The van der Waals surface area contributed by atoms with Crippen LogP contribution < -0.4 is 15.4 Å². The Morgan fingerprint density at radius 2 is 1.53 bits per heavy atom. The summed E-state index contributed by atoms with van der Waals surface area (Å²) in [6, 6.07) is 17.1. The van der Waals surface area contributed by atoms with Crippen LogP contribution in [0.3, 0.4) is 0 Å². The van der Waals surface area contributed by atoms with Crippen molar-refractivity contribution in [1.29, 1.82) is 0 Å². The molecule has 9 heteroatoms. The minimum Gasteiger partial charge on any atom is -0.489 e. The Morgan fingerprint density at radius 3 is 2.18 bits per heavy atom. The third-order valence-electron chi connectivity index (χ3n) is 4.74. The maximum Gasteiger partial charge on any atom is 0.338 e. The van der Waals surface area contributed by atoms with Crippen LogP contribution in [0.15, 0.2) is 72.8 Å². The summed E-state index contributed by atoms with van der Waals surface area (Å²) in [5, 5.41) is 0. The third-order valence-corrected chi connectivity index (χ3v) is 4.74. The molecule has 0 saturated carbocycles. The number of rotatable bonds is 10. The van der Waals surface area contributed by atoms with Crippen molar-refractivity contribution in [2.75, 3.05) is 18.1 Å². The monoisotopic (exact) mass is 468 g/mol. The summed E-state index contributed by atoms with van der Waals surface area (Å²) in [7, 11) is 0. The van der Waals surface area contributed by atoms with E-state index < -0.39 is 30.2 Å². The standard InChI is InChI=1S/C25H22F2N2O5/c26-19-6-4-17(5-7-19)15-33-22-3-1-2-18(14-22)25(32)34-16-24(31)29(13-12-23(28)30)21-10-8-20(27)9-11-21/h1-11,14H,12-13,15-16H2,(H2,28,30). The lowest BCUT2D eigenvalue weighted by Crippen LogP contribution is -2.37. The number of nitrogens with two attached hydrogens (primary N) is 1. The van der Waals surface area contributed by atoms with E-state index in [2.05, 4.69) is 0 Å². The Hall–Kier alpha value is -4.27. The average Bonchev–Trinajstić information content (AvgIpc) is 2.83. The first kappa shape index (κ1) is 24.4. The van der Waals surface area contributed by atoms with Gasteiger partial charge in [-0.3, -0.25) is 9.59 Å². The summed E-state index contributed by atoms with van der Waals surface area (Å²) >= 11 is 0. The molecule has 0 spiro atoms. The molecule has 0 heterocycles. The number of carbonyl (C=O) groups is 3. The highest BCUT2D eigenvalue weighted by atomic mass is 19.1. The Bertz CT molecular complexity index is 1150. The van der Waals surface area contributed by atoms with Gasteiger partial charge in [0.2, 0.25) is 5.91 Å². The number of hydrogen-bond donors (Lipinski definition) is 1. The van der Waals surface area contributed by atoms with Crippen LogP contribution in [0.5, 0.6) is 5.75 Å². The Kier molecular flexibility index (Phi) is 8.28. The fourth-order valence-corrected chi connectivity index (χ4v) is 2.99. The molecule has 2 amide bonds. The second-order valence-electron chi connectivity index (χ2n) is 7.26. The number of hydrogen-bond acceptors (Lipinski definition) is 5. The predicted octanol–water partition coefficient (Wildman–Crippen LogP) is 3.61. The number of carbonyl (C=O) groups excluding carboxylic acids is 3. The van der Waals surface area contributed by atoms with Crippen LogP contribution in [0.4, 0.5) is 14.5 Å². The number of ether oxygens (including phenoxy) is 2. The molecule has 3 rings (SSSR count). The highest BCUT2D eigenvalue weighted by molar-refractivity contribution is 5.97. The summed E-state index contributed by atoms with van der Waals surface area (Å²) in [5.41, 5.74) is 6.42. The van der Waals surface area contributed by atoms with Crippen molar-refractivity contribution in [2.24, 2.45) is 5.73 Å². The summed E-state index contributed by atoms with van der Waals surface area (Å²) in [6.45, 7) is -0.483. The molecule has 7 nitrogen and oxygen atoms in total. The van der Waals surface area contributed by atoms with E-state index in [0.29, 0.717) is 11.4 Å². The van der Waals surface area contributed by atoms with Gasteiger partial charge in [0.1, 0.15) is 24.0 Å². The minimum absolute atomic E-state index is 0.0515. The zero-order valence-electron chi connectivity index (χ0n) is 18.1. The second-order valence-corrected chi connectivity index (χ2v) is 7.26. The molecule has 0 radical (unpaired) electrons. The molecule has 34 heavy (non-hydrogen) atoms. The normalized spacial score (nSPS) is 10.4. The van der Waals surface area contributed by atoms with Gasteiger partial charge in [-0.15, -0.1) is 0 Å². The third kappa shape index (κ3) is 7.13. The zero-order valence-corrected chi connectivity index (χ0v) is 18.1. The molecule has 0 unspecified atom stereocenters. The molecule has 0 aliphatic carbocycles. The van der Waals surface area contributed by atoms with E-state index in [0.717, 1.165) is 5.56 Å². The first-order chi connectivity index (χ1) is 16.3. The first-order valence-corrected chi connectivity index (χ1v) is 10.3. The summed E-state index contributed by atoms with van der Waals surface area (Å²) in [6.07, 6.45) is -0.121. The van der Waals surface area contributed by atoms with E-state index in [1.54, 1.807) is 24.3 Å². The van der Waals surface area contributed by atoms with Crippen LogP contribution in [0.1, 0.15) is 22.3 Å². The summed E-state index contributed by atoms with van der Waals surface area (Å²) in [4.78, 5) is 37.5. The largest absolute Gasteiger partial charge is 0.489 e. The molecule has 0 aliphatic rings. The van der Waals surface area contributed by atoms with Crippen molar-refractivity contribution in [3.8, 4) is 5.75 Å². The van der Waals surface area contributed by atoms with Gasteiger partial charge in [0.15, 0.2) is 6.61 Å². The summed E-state index contributed by atoms with van der Waals surface area (Å²) in [5.74, 6) is -2.43. The van der Waals surface area contributed by atoms with Gasteiger partial charge in [-0.2, -0.15) is 0 Å². The van der Waals surface area contributed by atoms with Crippen molar-refractivity contribution < 1.29 is 32.6 Å². The first-order valence-electron chi connectivity index (χ1n) is 10.3. The number of amides is 2. The predicted molar refractivity (Wildman–Crippen MR) is 120 cm³/mol. The highest BCUT2D eigenvalue weighted by Crippen LogP contribution is 2.18. The van der Waals surface area contributed by atoms with E-state index in [9.17, 15) is 23.2 Å². The summed E-state index contributed by atoms with van der Waals surface area (Å²) < 4.78 is 37.0. The Morgan fingerprint density at radius 1 is 0.882 bits per heavy atom. The smallest absolute Gasteiger partial charge is 0.338 e. The van der Waals surface area contributed by atoms with Crippen LogP contribution in [0.25, 0.3) is 0 Å². The van der Waals surface area contributed by atoms with Crippen LogP contribution >= 0.6 is 0 Å². The number of esters is 1. The van der Waals surface area contributed by atoms with Crippen LogP contribution in [-0.2, 0) is 20.9 Å². The molecule has 0 bridgehead atoms. The number of halogens is 2. The van der Waals surface area contributed by atoms with Gasteiger partial charge < -0.3 is 20.1 Å². The van der Waals surface area contributed by atoms with Crippen molar-refractivity contribution in [1.82, 2.24) is 0 Å². The lowest BCUT2D eigenvalue weighted by atomic mass is 10.2. The maximum atomic E-state index is 13.2. The topological polar surface area (TPSA) is 98.9 Å². The number of nitrogens with zero attached hydrogens (tertiary/aromatic N) is 1. The van der Waals surface area contributed by atoms with Gasteiger partial charge in [0.25, 0.3) is 5.91 Å². The molecule has 0 atom stereocenters. The molecule has 3 aromatic rings. The number of primary amides is 1. The van der Waals surface area contributed by atoms with Crippen LogP contribution in [0, 0.1) is 11.6 Å². The van der Waals surface area contributed by atoms with Crippen molar-refractivity contribution in [3.05, 3.63) is 95.6 Å². The fraction of sp³-hybridized carbons (Fsp3) is 0.160. The molecular weight excluding hydrogens is 446 g/mol. The van der Waals surface area contributed by atoms with E-state index in [1.165, 1.54) is 53.4 Å². The highest BCUT2D eigenvalue weighted by Gasteiger charge is 2.19. The molecular formula is C25H22F2N2O5. The lowest BCUT2D eigenvalue weighted by molar-refractivity contribution is -0.121. The van der Waals surface area contributed by atoms with Gasteiger partial charge in [-0.1, -0.05) is 18.2 Å². The lowest BCUT2D eigenvalue weighted by Gasteiger charge is -2.22.